The third-order valence-corrected chi connectivity index (χ3v) is 6.43. The van der Waals surface area contributed by atoms with Crippen LogP contribution in [0.2, 0.25) is 0 Å². The minimum absolute atomic E-state index is 0.129. The van der Waals surface area contributed by atoms with Crippen LogP contribution in [0.25, 0.3) is 22.4 Å². The molecule has 0 radical (unpaired) electrons. The molecule has 0 atom stereocenters. The summed E-state index contributed by atoms with van der Waals surface area (Å²) >= 11 is 0. The lowest BCUT2D eigenvalue weighted by Crippen LogP contribution is -2.43. The Morgan fingerprint density at radius 1 is 0.931 bits per heavy atom. The molecule has 29 heavy (non-hydrogen) atoms. The summed E-state index contributed by atoms with van der Waals surface area (Å²) in [5.41, 5.74) is 14.6. The number of nitrogens with two attached hydrogens (primary N) is 1. The molecule has 0 amide bonds. The first kappa shape index (κ1) is 18.3. The highest BCUT2D eigenvalue weighted by Gasteiger charge is 2.34. The highest BCUT2D eigenvalue weighted by Crippen LogP contribution is 2.41. The van der Waals surface area contributed by atoms with Crippen LogP contribution in [0.5, 0.6) is 0 Å². The number of aromatic nitrogens is 1. The molecule has 0 spiro atoms. The van der Waals surface area contributed by atoms with Crippen molar-refractivity contribution < 1.29 is 0 Å². The molecule has 4 heteroatoms. The molecule has 4 nitrogen and oxygen atoms in total. The third kappa shape index (κ3) is 3.22. The van der Waals surface area contributed by atoms with Crippen LogP contribution < -0.4 is 10.6 Å². The number of nitrogens with zero attached hydrogens (tertiary/aromatic N) is 3. The van der Waals surface area contributed by atoms with E-state index in [-0.39, 0.29) is 5.54 Å². The second-order valence-electron chi connectivity index (χ2n) is 8.66. The summed E-state index contributed by atoms with van der Waals surface area (Å²) in [6.45, 7) is 1.78. The van der Waals surface area contributed by atoms with Crippen LogP contribution in [-0.2, 0) is 12.1 Å². The molecule has 0 unspecified atom stereocenters. The van der Waals surface area contributed by atoms with Gasteiger partial charge in [-0.1, -0.05) is 54.6 Å². The first-order valence-electron chi connectivity index (χ1n) is 10.4. The van der Waals surface area contributed by atoms with Gasteiger partial charge in [0.2, 0.25) is 0 Å². The normalized spacial score (nSPS) is 18.2. The Bertz CT molecular complexity index is 1020. The molecule has 1 saturated carbocycles. The number of fused-ring (bicyclic) bond motifs is 1. The van der Waals surface area contributed by atoms with Crippen molar-refractivity contribution in [3.8, 4) is 22.4 Å². The van der Waals surface area contributed by atoms with Crippen LogP contribution in [0, 0.1) is 0 Å². The Labute approximate surface area is 173 Å². The van der Waals surface area contributed by atoms with Gasteiger partial charge in [-0.15, -0.1) is 0 Å². The maximum Gasteiger partial charge on any atom is 0.0785 e. The minimum atomic E-state index is -0.129. The van der Waals surface area contributed by atoms with Crippen molar-refractivity contribution in [2.75, 3.05) is 25.7 Å². The Hall–Kier alpha value is -2.69. The van der Waals surface area contributed by atoms with E-state index in [0.29, 0.717) is 0 Å². The lowest BCUT2D eigenvalue weighted by Gasteiger charge is -2.38. The average Bonchev–Trinajstić information content (AvgIpc) is 2.72. The average molecular weight is 385 g/mol. The van der Waals surface area contributed by atoms with Gasteiger partial charge in [-0.3, -0.25) is 4.90 Å². The number of pyridine rings is 1. The predicted molar refractivity (Wildman–Crippen MR) is 120 cm³/mol. The molecule has 2 aromatic carbocycles. The minimum Gasteiger partial charge on any atom is -0.360 e. The Kier molecular flexibility index (Phi) is 4.41. The number of hydrogen-bond acceptors (Lipinski definition) is 4. The van der Waals surface area contributed by atoms with Crippen molar-refractivity contribution in [3.05, 3.63) is 71.9 Å². The monoisotopic (exact) mass is 384 g/mol. The molecule has 5 rings (SSSR count). The molecule has 2 heterocycles. The van der Waals surface area contributed by atoms with Gasteiger partial charge in [0.1, 0.15) is 0 Å². The largest absolute Gasteiger partial charge is 0.360 e. The zero-order chi connectivity index (χ0) is 20.0. The third-order valence-electron chi connectivity index (χ3n) is 6.43. The summed E-state index contributed by atoms with van der Waals surface area (Å²) in [6, 6.07) is 21.7. The van der Waals surface area contributed by atoms with Crippen molar-refractivity contribution >= 4 is 5.69 Å². The summed E-state index contributed by atoms with van der Waals surface area (Å²) < 4.78 is 0. The summed E-state index contributed by atoms with van der Waals surface area (Å²) in [6.07, 6.45) is 3.39. The Balaban J connectivity index is 1.64. The zero-order valence-corrected chi connectivity index (χ0v) is 17.2. The fraction of sp³-hybridized carbons (Fsp3) is 0.320. The molecule has 0 bridgehead atoms. The van der Waals surface area contributed by atoms with E-state index >= 15 is 0 Å². The molecule has 1 aliphatic heterocycles. The van der Waals surface area contributed by atoms with Crippen molar-refractivity contribution in [1.29, 1.82) is 0 Å². The lowest BCUT2D eigenvalue weighted by molar-refractivity contribution is 0.253. The SMILES string of the molecule is CN1Cc2nc(-c3ccc(C4(N)CCC4)cc3)c(-c3ccccc3)cc2N(C)C1. The molecule has 1 aliphatic carbocycles. The Morgan fingerprint density at radius 2 is 1.66 bits per heavy atom. The van der Waals surface area contributed by atoms with Crippen molar-refractivity contribution in [2.24, 2.45) is 5.73 Å². The highest BCUT2D eigenvalue weighted by molar-refractivity contribution is 5.84. The Morgan fingerprint density at radius 3 is 2.31 bits per heavy atom. The lowest BCUT2D eigenvalue weighted by atomic mass is 9.72. The topological polar surface area (TPSA) is 45.4 Å². The molecule has 3 aromatic rings. The van der Waals surface area contributed by atoms with Gasteiger partial charge >= 0.3 is 0 Å². The summed E-state index contributed by atoms with van der Waals surface area (Å²) in [5.74, 6) is 0. The number of anilines is 1. The quantitative estimate of drug-likeness (QED) is 0.717. The van der Waals surface area contributed by atoms with E-state index in [2.05, 4.69) is 84.6 Å². The first-order chi connectivity index (χ1) is 14.0. The fourth-order valence-electron chi connectivity index (χ4n) is 4.60. The molecule has 1 aromatic heterocycles. The van der Waals surface area contributed by atoms with Gasteiger partial charge in [-0.05, 0) is 43.5 Å². The smallest absolute Gasteiger partial charge is 0.0785 e. The predicted octanol–water partition coefficient (Wildman–Crippen LogP) is 4.59. The molecule has 2 aliphatic rings. The number of rotatable bonds is 3. The highest BCUT2D eigenvalue weighted by atomic mass is 15.3. The van der Waals surface area contributed by atoms with E-state index < -0.39 is 0 Å². The van der Waals surface area contributed by atoms with Crippen LogP contribution in [-0.4, -0.2) is 30.6 Å². The van der Waals surface area contributed by atoms with Gasteiger partial charge in [0, 0.05) is 30.3 Å². The van der Waals surface area contributed by atoms with Crippen LogP contribution in [0.4, 0.5) is 5.69 Å². The summed E-state index contributed by atoms with van der Waals surface area (Å²) in [7, 11) is 4.28. The molecular weight excluding hydrogens is 356 g/mol. The van der Waals surface area contributed by atoms with Gasteiger partial charge in [0.05, 0.1) is 23.7 Å². The van der Waals surface area contributed by atoms with Crippen molar-refractivity contribution in [3.63, 3.8) is 0 Å². The zero-order valence-electron chi connectivity index (χ0n) is 17.2. The molecule has 0 saturated heterocycles. The van der Waals surface area contributed by atoms with Gasteiger partial charge in [0.25, 0.3) is 0 Å². The molecule has 2 N–H and O–H groups in total. The van der Waals surface area contributed by atoms with Crippen molar-refractivity contribution in [2.45, 2.75) is 31.3 Å². The van der Waals surface area contributed by atoms with Gasteiger partial charge in [0.15, 0.2) is 0 Å². The van der Waals surface area contributed by atoms with Crippen molar-refractivity contribution in [1.82, 2.24) is 9.88 Å². The summed E-state index contributed by atoms with van der Waals surface area (Å²) in [5, 5.41) is 0. The van der Waals surface area contributed by atoms with E-state index in [9.17, 15) is 0 Å². The van der Waals surface area contributed by atoms with Crippen LogP contribution in [0.3, 0.4) is 0 Å². The van der Waals surface area contributed by atoms with Crippen LogP contribution >= 0.6 is 0 Å². The summed E-state index contributed by atoms with van der Waals surface area (Å²) in [4.78, 5) is 9.74. The fourth-order valence-corrected chi connectivity index (χ4v) is 4.60. The van der Waals surface area contributed by atoms with Gasteiger partial charge in [-0.2, -0.15) is 0 Å². The second kappa shape index (κ2) is 6.97. The second-order valence-corrected chi connectivity index (χ2v) is 8.66. The molecule has 1 fully saturated rings. The number of benzene rings is 2. The van der Waals surface area contributed by atoms with Gasteiger partial charge in [-0.25, -0.2) is 4.98 Å². The van der Waals surface area contributed by atoms with E-state index in [0.717, 1.165) is 43.0 Å². The maximum atomic E-state index is 6.53. The van der Waals surface area contributed by atoms with E-state index in [1.165, 1.54) is 28.8 Å². The maximum absolute atomic E-state index is 6.53. The molecule has 148 valence electrons. The van der Waals surface area contributed by atoms with Crippen LogP contribution in [0.1, 0.15) is 30.5 Å². The van der Waals surface area contributed by atoms with E-state index in [4.69, 9.17) is 10.7 Å². The standard InChI is InChI=1S/C25H28N4/c1-28-16-22-23(29(2)17-28)15-21(18-7-4-3-5-8-18)24(27-22)19-9-11-20(12-10-19)25(26)13-6-14-25/h3-5,7-12,15H,6,13-14,16-17,26H2,1-2H3. The molecular formula is C25H28N4. The first-order valence-corrected chi connectivity index (χ1v) is 10.4. The van der Waals surface area contributed by atoms with E-state index in [1.807, 2.05) is 0 Å². The number of hydrogen-bond donors (Lipinski definition) is 1. The van der Waals surface area contributed by atoms with Crippen LogP contribution in [0.15, 0.2) is 60.7 Å². The van der Waals surface area contributed by atoms with E-state index in [1.54, 1.807) is 0 Å². The van der Waals surface area contributed by atoms with Gasteiger partial charge < -0.3 is 10.6 Å².